The van der Waals surface area contributed by atoms with E-state index in [0.29, 0.717) is 25.0 Å². The second-order valence-corrected chi connectivity index (χ2v) is 4.04. The fourth-order valence-corrected chi connectivity index (χ4v) is 1.71. The minimum Gasteiger partial charge on any atom is -0.472 e. The largest absolute Gasteiger partial charge is 0.472 e. The Morgan fingerprint density at radius 3 is 2.78 bits per heavy atom. The van der Waals surface area contributed by atoms with Crippen molar-refractivity contribution >= 4 is 6.40 Å². The Kier molecular flexibility index (Phi) is 3.54. The predicted molar refractivity (Wildman–Crippen MR) is 56.9 cm³/mol. The Labute approximate surface area is 101 Å². The molecule has 1 radical (unpaired) electrons. The van der Waals surface area contributed by atoms with Gasteiger partial charge in [0.25, 0.3) is 6.40 Å². The van der Waals surface area contributed by atoms with E-state index in [1.807, 2.05) is 0 Å². The summed E-state index contributed by atoms with van der Waals surface area (Å²) in [5, 5.41) is 0. The molecule has 0 spiro atoms. The monoisotopic (exact) mass is 260 g/mol. The lowest BCUT2D eigenvalue weighted by Crippen LogP contribution is -2.10. The molecule has 0 fully saturated rings. The van der Waals surface area contributed by atoms with Gasteiger partial charge < -0.3 is 4.74 Å². The molecule has 1 aromatic rings. The summed E-state index contributed by atoms with van der Waals surface area (Å²) in [4.78, 5) is 3.87. The van der Waals surface area contributed by atoms with Gasteiger partial charge in [-0.2, -0.15) is 13.2 Å². The minimum atomic E-state index is -4.66. The van der Waals surface area contributed by atoms with E-state index in [0.717, 1.165) is 12.1 Å². The van der Waals surface area contributed by atoms with Gasteiger partial charge in [0.05, 0.1) is 11.6 Å². The van der Waals surface area contributed by atoms with Crippen LogP contribution >= 0.6 is 0 Å². The van der Waals surface area contributed by atoms with Crippen LogP contribution in [0.3, 0.4) is 0 Å². The highest BCUT2D eigenvalue weighted by molar-refractivity contribution is 5.48. The Balaban J connectivity index is 2.07. The topological polar surface area (TPSA) is 21.6 Å². The number of hydrogen-bond acceptors (Lipinski definition) is 2. The summed E-state index contributed by atoms with van der Waals surface area (Å²) < 4.78 is 55.3. The van der Waals surface area contributed by atoms with Gasteiger partial charge in [-0.15, -0.1) is 0 Å². The van der Waals surface area contributed by atoms with E-state index in [9.17, 15) is 17.6 Å². The molecule has 1 aliphatic heterocycles. The zero-order chi connectivity index (χ0) is 13.2. The fourth-order valence-electron chi connectivity index (χ4n) is 1.71. The molecular formula is C12H10F4NO. The molecule has 0 N–H and O–H groups in total. The average molecular weight is 260 g/mol. The van der Waals surface area contributed by atoms with Crippen LogP contribution in [0.25, 0.3) is 0 Å². The smallest absolute Gasteiger partial charge is 0.419 e. The van der Waals surface area contributed by atoms with E-state index in [-0.39, 0.29) is 6.04 Å². The first-order valence-electron chi connectivity index (χ1n) is 5.39. The Morgan fingerprint density at radius 2 is 2.17 bits per heavy atom. The van der Waals surface area contributed by atoms with Crippen LogP contribution in [0.4, 0.5) is 17.6 Å². The highest BCUT2D eigenvalue weighted by Crippen LogP contribution is 2.32. The molecule has 97 valence electrons. The van der Waals surface area contributed by atoms with Crippen LogP contribution in [0, 0.1) is 5.82 Å². The van der Waals surface area contributed by atoms with E-state index in [4.69, 9.17) is 4.74 Å². The normalized spacial score (nSPS) is 19.0. The van der Waals surface area contributed by atoms with Crippen LogP contribution in [-0.2, 0) is 17.3 Å². The van der Waals surface area contributed by atoms with E-state index >= 15 is 0 Å². The number of alkyl halides is 3. The second kappa shape index (κ2) is 4.96. The first-order valence-corrected chi connectivity index (χ1v) is 5.39. The zero-order valence-electron chi connectivity index (χ0n) is 9.30. The van der Waals surface area contributed by atoms with E-state index in [2.05, 4.69) is 11.4 Å². The number of halogens is 4. The summed E-state index contributed by atoms with van der Waals surface area (Å²) >= 11 is 0. The molecule has 18 heavy (non-hydrogen) atoms. The van der Waals surface area contributed by atoms with E-state index in [1.54, 1.807) is 0 Å². The summed E-state index contributed by atoms with van der Waals surface area (Å²) in [7, 11) is 0. The molecule has 6 heteroatoms. The highest BCUT2D eigenvalue weighted by atomic mass is 19.4. The van der Waals surface area contributed by atoms with Gasteiger partial charge in [-0.1, -0.05) is 6.07 Å². The molecule has 0 aliphatic carbocycles. The molecule has 1 heterocycles. The third kappa shape index (κ3) is 3.00. The maximum absolute atomic E-state index is 13.0. The lowest BCUT2D eigenvalue weighted by molar-refractivity contribution is -0.140. The lowest BCUT2D eigenvalue weighted by Gasteiger charge is -2.10. The maximum atomic E-state index is 13.0. The molecule has 0 saturated heterocycles. The molecule has 0 bridgehead atoms. The van der Waals surface area contributed by atoms with Crippen molar-refractivity contribution in [3.05, 3.63) is 35.1 Å². The molecule has 0 aromatic heterocycles. The first kappa shape index (κ1) is 12.9. The third-order valence-electron chi connectivity index (χ3n) is 2.68. The van der Waals surface area contributed by atoms with Gasteiger partial charge in [0.2, 0.25) is 0 Å². The van der Waals surface area contributed by atoms with Gasteiger partial charge in [-0.25, -0.2) is 9.38 Å². The number of aryl methyl sites for hydroxylation is 1. The number of nitrogens with zero attached hydrogens (tertiary/aromatic N) is 1. The molecule has 2 nitrogen and oxygen atoms in total. The number of rotatable bonds is 3. The summed E-state index contributed by atoms with van der Waals surface area (Å²) in [6.45, 7) is 0.396. The lowest BCUT2D eigenvalue weighted by atomic mass is 10.0. The quantitative estimate of drug-likeness (QED) is 0.765. The molecule has 0 saturated carbocycles. The SMILES string of the molecule is Fc1ccc(CCC2CO[C]=N2)cc1C(F)(F)F. The van der Waals surface area contributed by atoms with Crippen molar-refractivity contribution in [2.75, 3.05) is 6.61 Å². The van der Waals surface area contributed by atoms with Gasteiger partial charge in [0, 0.05) is 0 Å². The van der Waals surface area contributed by atoms with Gasteiger partial charge in [-0.3, -0.25) is 0 Å². The standard InChI is InChI=1S/C12H10F4NO/c13-11-4-2-8(5-10(11)12(14,15)16)1-3-9-6-18-7-17-9/h2,4-5,9H,1,3,6H2. The molecule has 1 aliphatic rings. The summed E-state index contributed by atoms with van der Waals surface area (Å²) in [5.74, 6) is -1.25. The van der Waals surface area contributed by atoms with Crippen molar-refractivity contribution in [1.29, 1.82) is 0 Å². The molecule has 1 atom stereocenters. The number of aliphatic imine (C=N–C) groups is 1. The summed E-state index contributed by atoms with van der Waals surface area (Å²) in [6, 6.07) is 2.97. The van der Waals surface area contributed by atoms with Crippen LogP contribution in [0.2, 0.25) is 0 Å². The Hall–Kier alpha value is -1.59. The number of benzene rings is 1. The average Bonchev–Trinajstić information content (AvgIpc) is 2.79. The van der Waals surface area contributed by atoms with Crippen LogP contribution < -0.4 is 0 Å². The minimum absolute atomic E-state index is 0.0793. The predicted octanol–water partition coefficient (Wildman–Crippen LogP) is 3.08. The van der Waals surface area contributed by atoms with Crippen molar-refractivity contribution in [3.63, 3.8) is 0 Å². The Morgan fingerprint density at radius 1 is 1.39 bits per heavy atom. The molecule has 0 amide bonds. The fraction of sp³-hybridized carbons (Fsp3) is 0.417. The third-order valence-corrected chi connectivity index (χ3v) is 2.68. The van der Waals surface area contributed by atoms with Crippen LogP contribution in [-0.4, -0.2) is 19.0 Å². The molecule has 1 aromatic carbocycles. The van der Waals surface area contributed by atoms with Crippen LogP contribution in [0.15, 0.2) is 23.2 Å². The van der Waals surface area contributed by atoms with Crippen molar-refractivity contribution in [2.24, 2.45) is 4.99 Å². The van der Waals surface area contributed by atoms with Gasteiger partial charge >= 0.3 is 6.18 Å². The van der Waals surface area contributed by atoms with Crippen molar-refractivity contribution < 1.29 is 22.3 Å². The van der Waals surface area contributed by atoms with Crippen LogP contribution in [0.1, 0.15) is 17.5 Å². The molecule has 2 rings (SSSR count). The summed E-state index contributed by atoms with van der Waals surface area (Å²) in [6.07, 6.45) is -1.38. The number of ether oxygens (including phenoxy) is 1. The van der Waals surface area contributed by atoms with Gasteiger partial charge in [-0.05, 0) is 30.5 Å². The molecule has 1 unspecified atom stereocenters. The van der Waals surface area contributed by atoms with E-state index < -0.39 is 17.6 Å². The first-order chi connectivity index (χ1) is 8.47. The maximum Gasteiger partial charge on any atom is 0.419 e. The van der Waals surface area contributed by atoms with Crippen molar-refractivity contribution in [1.82, 2.24) is 0 Å². The van der Waals surface area contributed by atoms with Crippen molar-refractivity contribution in [2.45, 2.75) is 25.1 Å². The van der Waals surface area contributed by atoms with Crippen LogP contribution in [0.5, 0.6) is 0 Å². The zero-order valence-corrected chi connectivity index (χ0v) is 9.30. The number of hydrogen-bond donors (Lipinski definition) is 0. The molecular weight excluding hydrogens is 250 g/mol. The van der Waals surface area contributed by atoms with Gasteiger partial charge in [0.15, 0.2) is 0 Å². The van der Waals surface area contributed by atoms with Crippen molar-refractivity contribution in [3.8, 4) is 0 Å². The second-order valence-electron chi connectivity index (χ2n) is 4.04. The highest BCUT2D eigenvalue weighted by Gasteiger charge is 2.34. The Bertz CT molecular complexity index is 456. The van der Waals surface area contributed by atoms with Gasteiger partial charge in [0.1, 0.15) is 12.4 Å². The summed E-state index contributed by atoms with van der Waals surface area (Å²) in [5.41, 5.74) is -0.788. The van der Waals surface area contributed by atoms with E-state index in [1.165, 1.54) is 6.07 Å².